The Morgan fingerprint density at radius 1 is 1.07 bits per heavy atom. The second kappa shape index (κ2) is 3.85. The molecule has 1 atom stereocenters. The third kappa shape index (κ3) is 1.65. The molecule has 0 aliphatic rings. The molecular formula is C14H14O. The first kappa shape index (κ1) is 9.91. The van der Waals surface area contributed by atoms with Gasteiger partial charge in [0.05, 0.1) is 0 Å². The van der Waals surface area contributed by atoms with Crippen LogP contribution in [0, 0.1) is 6.92 Å². The van der Waals surface area contributed by atoms with Crippen LogP contribution in [0.1, 0.15) is 24.0 Å². The number of aldehydes is 1. The van der Waals surface area contributed by atoms with Crippen LogP contribution in [-0.4, -0.2) is 6.29 Å². The Balaban J connectivity index is 2.76. The van der Waals surface area contributed by atoms with Crippen molar-refractivity contribution in [2.24, 2.45) is 0 Å². The molecule has 0 fully saturated rings. The van der Waals surface area contributed by atoms with E-state index < -0.39 is 0 Å². The second-order valence-corrected chi connectivity index (χ2v) is 3.94. The van der Waals surface area contributed by atoms with E-state index in [1.807, 2.05) is 25.1 Å². The molecule has 1 nitrogen and oxygen atoms in total. The fourth-order valence-corrected chi connectivity index (χ4v) is 1.96. The minimum Gasteiger partial charge on any atom is -0.303 e. The Kier molecular flexibility index (Phi) is 2.55. The van der Waals surface area contributed by atoms with Gasteiger partial charge in [0.15, 0.2) is 0 Å². The predicted molar refractivity (Wildman–Crippen MR) is 63.2 cm³/mol. The Morgan fingerprint density at radius 2 is 1.73 bits per heavy atom. The molecule has 2 aromatic carbocycles. The van der Waals surface area contributed by atoms with Gasteiger partial charge in [0, 0.05) is 5.92 Å². The van der Waals surface area contributed by atoms with Gasteiger partial charge in [0.1, 0.15) is 6.29 Å². The zero-order chi connectivity index (χ0) is 10.8. The van der Waals surface area contributed by atoms with Crippen molar-refractivity contribution in [2.75, 3.05) is 0 Å². The SMILES string of the molecule is Cc1cccc2c(C(C)C=O)cccc12. The number of benzene rings is 2. The largest absolute Gasteiger partial charge is 0.303 e. The number of carbonyl (C=O) groups is 1. The van der Waals surface area contributed by atoms with Crippen molar-refractivity contribution < 1.29 is 4.79 Å². The molecule has 0 heterocycles. The topological polar surface area (TPSA) is 17.1 Å². The van der Waals surface area contributed by atoms with E-state index in [9.17, 15) is 4.79 Å². The first-order valence-electron chi connectivity index (χ1n) is 5.17. The molecule has 0 aliphatic heterocycles. The summed E-state index contributed by atoms with van der Waals surface area (Å²) in [6.45, 7) is 4.03. The van der Waals surface area contributed by atoms with E-state index in [2.05, 4.69) is 25.1 Å². The summed E-state index contributed by atoms with van der Waals surface area (Å²) >= 11 is 0. The van der Waals surface area contributed by atoms with Gasteiger partial charge in [-0.15, -0.1) is 0 Å². The van der Waals surface area contributed by atoms with Crippen molar-refractivity contribution in [2.45, 2.75) is 19.8 Å². The van der Waals surface area contributed by atoms with E-state index in [0.717, 1.165) is 11.8 Å². The number of rotatable bonds is 2. The fourth-order valence-electron chi connectivity index (χ4n) is 1.96. The first-order chi connectivity index (χ1) is 7.24. The van der Waals surface area contributed by atoms with Crippen LogP contribution in [0.25, 0.3) is 10.8 Å². The molecule has 0 N–H and O–H groups in total. The minimum atomic E-state index is -0.0319. The molecule has 0 amide bonds. The van der Waals surface area contributed by atoms with Gasteiger partial charge in [-0.2, -0.15) is 0 Å². The van der Waals surface area contributed by atoms with Gasteiger partial charge >= 0.3 is 0 Å². The van der Waals surface area contributed by atoms with Crippen LogP contribution < -0.4 is 0 Å². The summed E-state index contributed by atoms with van der Waals surface area (Å²) in [6, 6.07) is 12.4. The minimum absolute atomic E-state index is 0.0319. The van der Waals surface area contributed by atoms with E-state index in [0.29, 0.717) is 0 Å². The van der Waals surface area contributed by atoms with Crippen LogP contribution >= 0.6 is 0 Å². The lowest BCUT2D eigenvalue weighted by atomic mass is 9.94. The second-order valence-electron chi connectivity index (χ2n) is 3.94. The molecule has 1 heteroatoms. The van der Waals surface area contributed by atoms with E-state index in [1.54, 1.807) is 0 Å². The molecule has 15 heavy (non-hydrogen) atoms. The smallest absolute Gasteiger partial charge is 0.127 e. The van der Waals surface area contributed by atoms with Gasteiger partial charge in [-0.05, 0) is 28.8 Å². The summed E-state index contributed by atoms with van der Waals surface area (Å²) in [7, 11) is 0. The maximum Gasteiger partial charge on any atom is 0.127 e. The molecule has 0 radical (unpaired) electrons. The highest BCUT2D eigenvalue weighted by molar-refractivity contribution is 5.90. The monoisotopic (exact) mass is 198 g/mol. The Morgan fingerprint density at radius 3 is 2.47 bits per heavy atom. The van der Waals surface area contributed by atoms with E-state index in [1.165, 1.54) is 16.3 Å². The van der Waals surface area contributed by atoms with Crippen LogP contribution in [0.4, 0.5) is 0 Å². The molecule has 0 bridgehead atoms. The normalized spacial score (nSPS) is 12.7. The molecule has 0 spiro atoms. The lowest BCUT2D eigenvalue weighted by molar-refractivity contribution is -0.108. The van der Waals surface area contributed by atoms with Gasteiger partial charge < -0.3 is 4.79 Å². The summed E-state index contributed by atoms with van der Waals surface area (Å²) in [6.07, 6.45) is 0.997. The van der Waals surface area contributed by atoms with Crippen LogP contribution in [0.2, 0.25) is 0 Å². The number of carbonyl (C=O) groups excluding carboxylic acids is 1. The van der Waals surface area contributed by atoms with Gasteiger partial charge in [0.2, 0.25) is 0 Å². The van der Waals surface area contributed by atoms with Crippen LogP contribution in [0.5, 0.6) is 0 Å². The van der Waals surface area contributed by atoms with Crippen LogP contribution in [-0.2, 0) is 4.79 Å². The van der Waals surface area contributed by atoms with Gasteiger partial charge in [0.25, 0.3) is 0 Å². The van der Waals surface area contributed by atoms with E-state index in [4.69, 9.17) is 0 Å². The summed E-state index contributed by atoms with van der Waals surface area (Å²) in [5, 5.41) is 2.43. The summed E-state index contributed by atoms with van der Waals surface area (Å²) in [4.78, 5) is 10.8. The molecular weight excluding hydrogens is 184 g/mol. The van der Waals surface area contributed by atoms with Gasteiger partial charge in [-0.3, -0.25) is 0 Å². The predicted octanol–water partition coefficient (Wildman–Crippen LogP) is 3.45. The van der Waals surface area contributed by atoms with Crippen molar-refractivity contribution in [1.29, 1.82) is 0 Å². The lowest BCUT2D eigenvalue weighted by Gasteiger charge is -2.10. The number of hydrogen-bond acceptors (Lipinski definition) is 1. The zero-order valence-corrected chi connectivity index (χ0v) is 9.03. The highest BCUT2D eigenvalue weighted by Crippen LogP contribution is 2.26. The molecule has 1 unspecified atom stereocenters. The van der Waals surface area contributed by atoms with Crippen LogP contribution in [0.15, 0.2) is 36.4 Å². The molecule has 0 saturated heterocycles. The van der Waals surface area contributed by atoms with Gasteiger partial charge in [-0.1, -0.05) is 43.3 Å². The average Bonchev–Trinajstić information content (AvgIpc) is 2.28. The molecule has 2 rings (SSSR count). The Bertz CT molecular complexity index is 500. The maximum absolute atomic E-state index is 10.8. The molecule has 0 aromatic heterocycles. The summed E-state index contributed by atoms with van der Waals surface area (Å²) in [5.41, 5.74) is 2.37. The first-order valence-corrected chi connectivity index (χ1v) is 5.17. The fraction of sp³-hybridized carbons (Fsp3) is 0.214. The van der Waals surface area contributed by atoms with Crippen molar-refractivity contribution in [1.82, 2.24) is 0 Å². The molecule has 76 valence electrons. The van der Waals surface area contributed by atoms with Crippen molar-refractivity contribution in [3.63, 3.8) is 0 Å². The Hall–Kier alpha value is -1.63. The number of aryl methyl sites for hydroxylation is 1. The van der Waals surface area contributed by atoms with Gasteiger partial charge in [-0.25, -0.2) is 0 Å². The zero-order valence-electron chi connectivity index (χ0n) is 9.03. The summed E-state index contributed by atoms with van der Waals surface area (Å²) in [5.74, 6) is -0.0319. The third-order valence-electron chi connectivity index (χ3n) is 2.87. The van der Waals surface area contributed by atoms with Crippen molar-refractivity contribution >= 4 is 17.1 Å². The Labute approximate surface area is 89.7 Å². The third-order valence-corrected chi connectivity index (χ3v) is 2.87. The molecule has 2 aromatic rings. The van der Waals surface area contributed by atoms with Crippen molar-refractivity contribution in [3.8, 4) is 0 Å². The van der Waals surface area contributed by atoms with E-state index in [-0.39, 0.29) is 5.92 Å². The van der Waals surface area contributed by atoms with Crippen LogP contribution in [0.3, 0.4) is 0 Å². The average molecular weight is 198 g/mol. The van der Waals surface area contributed by atoms with E-state index >= 15 is 0 Å². The number of fused-ring (bicyclic) bond motifs is 1. The quantitative estimate of drug-likeness (QED) is 0.675. The highest BCUT2D eigenvalue weighted by atomic mass is 16.1. The lowest BCUT2D eigenvalue weighted by Crippen LogP contribution is -1.95. The number of hydrogen-bond donors (Lipinski definition) is 0. The maximum atomic E-state index is 10.8. The van der Waals surface area contributed by atoms with Crippen molar-refractivity contribution in [3.05, 3.63) is 47.5 Å². The highest BCUT2D eigenvalue weighted by Gasteiger charge is 2.08. The standard InChI is InChI=1S/C14H14O/c1-10-5-3-8-14-12(10)6-4-7-13(14)11(2)9-15/h3-9,11H,1-2H3. The summed E-state index contributed by atoms with van der Waals surface area (Å²) < 4.78 is 0. The molecule has 0 saturated carbocycles. The molecule has 0 aliphatic carbocycles.